The standard InChI is InChI=1S/C25H32N4O6S/c1-36-12-11-19(23(32)29-21(25(34)35)14-16-5-3-2-4-6-16)28-24(33)20(27-22(31)15-26)13-17-7-9-18(30)10-8-17/h2-10,19-21,30H,11-15,26H2,1H3,(H,27,31)(H,28,33)(H,29,32)(H,34,35). The van der Waals surface area contributed by atoms with E-state index >= 15 is 0 Å². The molecule has 3 amide bonds. The fourth-order valence-corrected chi connectivity index (χ4v) is 3.90. The second-order valence-electron chi connectivity index (χ2n) is 8.13. The number of thioether (sulfide) groups is 1. The SMILES string of the molecule is CSCCC(NC(=O)C(Cc1ccc(O)cc1)NC(=O)CN)C(=O)NC(Cc1ccccc1)C(=O)O. The zero-order chi connectivity index (χ0) is 26.5. The first-order valence-electron chi connectivity index (χ1n) is 11.4. The van der Waals surface area contributed by atoms with Gasteiger partial charge in [-0.2, -0.15) is 11.8 Å². The van der Waals surface area contributed by atoms with Gasteiger partial charge in [-0.05, 0) is 41.7 Å². The molecule has 0 aliphatic rings. The van der Waals surface area contributed by atoms with Crippen LogP contribution in [0.5, 0.6) is 5.75 Å². The normalized spacial score (nSPS) is 13.2. The van der Waals surface area contributed by atoms with E-state index in [2.05, 4.69) is 16.0 Å². The number of rotatable bonds is 14. The Hall–Kier alpha value is -3.57. The van der Waals surface area contributed by atoms with Crippen molar-refractivity contribution in [2.75, 3.05) is 18.6 Å². The van der Waals surface area contributed by atoms with Crippen LogP contribution in [0, 0.1) is 0 Å². The lowest BCUT2D eigenvalue weighted by Gasteiger charge is -2.24. The molecule has 0 aromatic heterocycles. The zero-order valence-electron chi connectivity index (χ0n) is 20.0. The van der Waals surface area contributed by atoms with E-state index in [-0.39, 0.29) is 31.6 Å². The maximum Gasteiger partial charge on any atom is 0.326 e. The molecule has 11 heteroatoms. The van der Waals surface area contributed by atoms with Crippen molar-refractivity contribution in [2.24, 2.45) is 5.73 Å². The number of hydrogen-bond acceptors (Lipinski definition) is 7. The van der Waals surface area contributed by atoms with Crippen LogP contribution in [0.2, 0.25) is 0 Å². The molecule has 0 saturated heterocycles. The molecule has 0 heterocycles. The maximum atomic E-state index is 13.1. The number of amides is 3. The van der Waals surface area contributed by atoms with E-state index in [1.54, 1.807) is 36.4 Å². The van der Waals surface area contributed by atoms with Gasteiger partial charge in [-0.25, -0.2) is 4.79 Å². The summed E-state index contributed by atoms with van der Waals surface area (Å²) in [7, 11) is 0. The van der Waals surface area contributed by atoms with Gasteiger partial charge in [0.2, 0.25) is 17.7 Å². The molecule has 0 aliphatic carbocycles. The predicted molar refractivity (Wildman–Crippen MR) is 137 cm³/mol. The van der Waals surface area contributed by atoms with Crippen LogP contribution in [0.3, 0.4) is 0 Å². The quantitative estimate of drug-likeness (QED) is 0.210. The molecular weight excluding hydrogens is 484 g/mol. The number of carbonyl (C=O) groups excluding carboxylic acids is 3. The van der Waals surface area contributed by atoms with Crippen LogP contribution in [-0.2, 0) is 32.0 Å². The van der Waals surface area contributed by atoms with Gasteiger partial charge in [-0.15, -0.1) is 0 Å². The van der Waals surface area contributed by atoms with Crippen molar-refractivity contribution in [2.45, 2.75) is 37.4 Å². The number of aromatic hydroxyl groups is 1. The Morgan fingerprint density at radius 2 is 1.39 bits per heavy atom. The number of carboxylic acids is 1. The average Bonchev–Trinajstić information content (AvgIpc) is 2.87. The Morgan fingerprint density at radius 1 is 0.833 bits per heavy atom. The van der Waals surface area contributed by atoms with Gasteiger partial charge in [0, 0.05) is 12.8 Å². The summed E-state index contributed by atoms with van der Waals surface area (Å²) in [4.78, 5) is 49.9. The largest absolute Gasteiger partial charge is 0.508 e. The van der Waals surface area contributed by atoms with Crippen molar-refractivity contribution in [1.29, 1.82) is 0 Å². The highest BCUT2D eigenvalue weighted by atomic mass is 32.2. The van der Waals surface area contributed by atoms with Crippen molar-refractivity contribution >= 4 is 35.5 Å². The Balaban J connectivity index is 2.16. The topological polar surface area (TPSA) is 171 Å². The first-order valence-corrected chi connectivity index (χ1v) is 12.8. The van der Waals surface area contributed by atoms with Gasteiger partial charge in [0.15, 0.2) is 0 Å². The summed E-state index contributed by atoms with van der Waals surface area (Å²) in [6, 6.07) is 11.8. The van der Waals surface area contributed by atoms with E-state index in [0.717, 1.165) is 5.56 Å². The highest BCUT2D eigenvalue weighted by Gasteiger charge is 2.29. The van der Waals surface area contributed by atoms with Crippen LogP contribution in [-0.4, -0.2) is 70.6 Å². The van der Waals surface area contributed by atoms with Crippen LogP contribution < -0.4 is 21.7 Å². The summed E-state index contributed by atoms with van der Waals surface area (Å²) in [5, 5.41) is 26.9. The number of nitrogens with two attached hydrogens (primary N) is 1. The Labute approximate surface area is 214 Å². The van der Waals surface area contributed by atoms with Crippen molar-refractivity contribution in [3.05, 3.63) is 65.7 Å². The molecule has 3 atom stereocenters. The molecule has 3 unspecified atom stereocenters. The van der Waals surface area contributed by atoms with Crippen LogP contribution in [0.1, 0.15) is 17.5 Å². The van der Waals surface area contributed by atoms with Gasteiger partial charge >= 0.3 is 5.97 Å². The number of carbonyl (C=O) groups is 4. The number of aliphatic carboxylic acids is 1. The van der Waals surface area contributed by atoms with Crippen LogP contribution in [0.15, 0.2) is 54.6 Å². The van der Waals surface area contributed by atoms with Crippen LogP contribution >= 0.6 is 11.8 Å². The fourth-order valence-electron chi connectivity index (χ4n) is 3.43. The predicted octanol–water partition coefficient (Wildman–Crippen LogP) is 0.428. The van der Waals surface area contributed by atoms with E-state index in [4.69, 9.17) is 5.73 Å². The lowest BCUT2D eigenvalue weighted by Crippen LogP contribution is -2.57. The molecular formula is C25H32N4O6S. The molecule has 2 aromatic rings. The molecule has 2 rings (SSSR count). The van der Waals surface area contributed by atoms with Crippen molar-refractivity contribution in [1.82, 2.24) is 16.0 Å². The fraction of sp³-hybridized carbons (Fsp3) is 0.360. The minimum absolute atomic E-state index is 0.0584. The molecule has 194 valence electrons. The number of hydrogen-bond donors (Lipinski definition) is 6. The highest BCUT2D eigenvalue weighted by molar-refractivity contribution is 7.98. The Morgan fingerprint density at radius 3 is 1.97 bits per heavy atom. The summed E-state index contributed by atoms with van der Waals surface area (Å²) in [6.45, 7) is -0.324. The molecule has 10 nitrogen and oxygen atoms in total. The minimum Gasteiger partial charge on any atom is -0.508 e. The van der Waals surface area contributed by atoms with Crippen molar-refractivity contribution in [3.8, 4) is 5.75 Å². The monoisotopic (exact) mass is 516 g/mol. The number of carboxylic acid groups (broad SMARTS) is 1. The highest BCUT2D eigenvalue weighted by Crippen LogP contribution is 2.12. The third-order valence-electron chi connectivity index (χ3n) is 5.35. The lowest BCUT2D eigenvalue weighted by atomic mass is 10.0. The van der Waals surface area contributed by atoms with E-state index in [0.29, 0.717) is 11.3 Å². The Bertz CT molecular complexity index is 1020. The van der Waals surface area contributed by atoms with E-state index in [9.17, 15) is 29.4 Å². The molecule has 36 heavy (non-hydrogen) atoms. The molecule has 7 N–H and O–H groups in total. The van der Waals surface area contributed by atoms with Crippen molar-refractivity contribution in [3.63, 3.8) is 0 Å². The molecule has 2 aromatic carbocycles. The van der Waals surface area contributed by atoms with Gasteiger partial charge in [0.1, 0.15) is 23.9 Å². The minimum atomic E-state index is -1.19. The van der Waals surface area contributed by atoms with Crippen LogP contribution in [0.25, 0.3) is 0 Å². The number of nitrogens with one attached hydrogen (secondary N) is 3. The molecule has 0 spiro atoms. The first-order chi connectivity index (χ1) is 17.2. The van der Waals surface area contributed by atoms with E-state index in [1.165, 1.54) is 23.9 Å². The van der Waals surface area contributed by atoms with Gasteiger partial charge in [-0.1, -0.05) is 42.5 Å². The molecule has 0 radical (unpaired) electrons. The first kappa shape index (κ1) is 28.7. The van der Waals surface area contributed by atoms with E-state index < -0.39 is 41.8 Å². The smallest absolute Gasteiger partial charge is 0.326 e. The molecule has 0 bridgehead atoms. The van der Waals surface area contributed by atoms with Gasteiger partial charge < -0.3 is 31.9 Å². The van der Waals surface area contributed by atoms with E-state index in [1.807, 2.05) is 12.3 Å². The van der Waals surface area contributed by atoms with Gasteiger partial charge in [0.25, 0.3) is 0 Å². The number of phenols is 1. The van der Waals surface area contributed by atoms with Crippen molar-refractivity contribution < 1.29 is 29.4 Å². The number of benzene rings is 2. The Kier molecular flexibility index (Phi) is 11.7. The van der Waals surface area contributed by atoms with Crippen LogP contribution in [0.4, 0.5) is 0 Å². The summed E-state index contributed by atoms with van der Waals surface area (Å²) in [5.74, 6) is -2.39. The number of phenolic OH excluding ortho intramolecular Hbond substituents is 1. The summed E-state index contributed by atoms with van der Waals surface area (Å²) in [6.07, 6.45) is 2.29. The van der Waals surface area contributed by atoms with Gasteiger partial charge in [-0.3, -0.25) is 14.4 Å². The maximum absolute atomic E-state index is 13.1. The summed E-state index contributed by atoms with van der Waals surface area (Å²) < 4.78 is 0. The average molecular weight is 517 g/mol. The second-order valence-corrected chi connectivity index (χ2v) is 9.11. The molecule has 0 saturated carbocycles. The second kappa shape index (κ2) is 14.7. The summed E-state index contributed by atoms with van der Waals surface area (Å²) >= 11 is 1.47. The molecule has 0 fully saturated rings. The zero-order valence-corrected chi connectivity index (χ0v) is 20.8. The third-order valence-corrected chi connectivity index (χ3v) is 6.00. The lowest BCUT2D eigenvalue weighted by molar-refractivity contribution is -0.142. The third kappa shape index (κ3) is 9.59. The van der Waals surface area contributed by atoms with Gasteiger partial charge in [0.05, 0.1) is 6.54 Å². The molecule has 0 aliphatic heterocycles. The summed E-state index contributed by atoms with van der Waals surface area (Å²) in [5.41, 5.74) is 6.81.